The van der Waals surface area contributed by atoms with Gasteiger partial charge in [-0.2, -0.15) is 0 Å². The highest BCUT2D eigenvalue weighted by molar-refractivity contribution is 7.10. The van der Waals surface area contributed by atoms with Crippen molar-refractivity contribution in [1.82, 2.24) is 0 Å². The molecule has 1 nitrogen and oxygen atoms in total. The summed E-state index contributed by atoms with van der Waals surface area (Å²) in [6.45, 7) is 11.2. The fourth-order valence-corrected chi connectivity index (χ4v) is 2.20. The van der Waals surface area contributed by atoms with Crippen LogP contribution >= 0.6 is 11.3 Å². The summed E-state index contributed by atoms with van der Waals surface area (Å²) in [4.78, 5) is 1.28. The molecule has 80 valence electrons. The van der Waals surface area contributed by atoms with E-state index >= 15 is 0 Å². The zero-order valence-electron chi connectivity index (χ0n) is 9.79. The van der Waals surface area contributed by atoms with Crippen molar-refractivity contribution >= 4 is 11.3 Å². The zero-order chi connectivity index (χ0) is 11.0. The molecule has 1 unspecified atom stereocenters. The van der Waals surface area contributed by atoms with Crippen LogP contribution in [-0.2, 0) is 0 Å². The lowest BCUT2D eigenvalue weighted by molar-refractivity contribution is 0.0978. The molecule has 1 atom stereocenters. The van der Waals surface area contributed by atoms with E-state index in [1.54, 1.807) is 11.3 Å². The average molecular weight is 211 g/mol. The summed E-state index contributed by atoms with van der Waals surface area (Å²) >= 11 is 1.75. The topological polar surface area (TPSA) is 26.0 Å². The second-order valence-corrected chi connectivity index (χ2v) is 6.44. The molecule has 1 rings (SSSR count). The second kappa shape index (κ2) is 3.67. The Hall–Kier alpha value is -0.340. The fraction of sp³-hybridized carbons (Fsp3) is 0.667. The van der Waals surface area contributed by atoms with E-state index in [4.69, 9.17) is 5.73 Å². The quantitative estimate of drug-likeness (QED) is 0.790. The summed E-state index contributed by atoms with van der Waals surface area (Å²) in [5.74, 6) is 0. The van der Waals surface area contributed by atoms with Gasteiger partial charge in [0, 0.05) is 10.9 Å². The van der Waals surface area contributed by atoms with Gasteiger partial charge >= 0.3 is 0 Å². The molecule has 1 aromatic heterocycles. The van der Waals surface area contributed by atoms with E-state index in [0.717, 1.165) is 0 Å². The Kier molecular flexibility index (Phi) is 3.07. The second-order valence-electron chi connectivity index (χ2n) is 5.46. The summed E-state index contributed by atoms with van der Waals surface area (Å²) in [6, 6.07) is 4.32. The number of rotatable bonds is 2. The lowest BCUT2D eigenvalue weighted by Gasteiger charge is -2.43. The van der Waals surface area contributed by atoms with Crippen molar-refractivity contribution in [3.05, 3.63) is 22.4 Å². The third-order valence-corrected chi connectivity index (χ3v) is 4.52. The van der Waals surface area contributed by atoms with Crippen molar-refractivity contribution < 1.29 is 0 Å². The van der Waals surface area contributed by atoms with E-state index in [2.05, 4.69) is 52.1 Å². The van der Waals surface area contributed by atoms with Gasteiger partial charge in [-0.05, 0) is 22.3 Å². The molecule has 0 saturated carbocycles. The first kappa shape index (κ1) is 11.7. The molecule has 0 aliphatic heterocycles. The van der Waals surface area contributed by atoms with Gasteiger partial charge in [-0.25, -0.2) is 0 Å². The molecule has 0 spiro atoms. The Morgan fingerprint density at radius 2 is 1.79 bits per heavy atom. The van der Waals surface area contributed by atoms with Crippen LogP contribution in [0.25, 0.3) is 0 Å². The van der Waals surface area contributed by atoms with Crippen LogP contribution in [0.15, 0.2) is 17.5 Å². The Balaban J connectivity index is 2.94. The third kappa shape index (κ3) is 2.01. The van der Waals surface area contributed by atoms with Gasteiger partial charge in [-0.1, -0.05) is 40.7 Å². The minimum absolute atomic E-state index is 0.109. The fourth-order valence-electron chi connectivity index (χ4n) is 1.29. The highest BCUT2D eigenvalue weighted by Crippen LogP contribution is 2.46. The van der Waals surface area contributed by atoms with E-state index in [-0.39, 0.29) is 16.9 Å². The van der Waals surface area contributed by atoms with Crippen molar-refractivity contribution in [2.45, 2.75) is 40.7 Å². The first-order valence-electron chi connectivity index (χ1n) is 5.06. The van der Waals surface area contributed by atoms with Gasteiger partial charge < -0.3 is 5.73 Å². The maximum absolute atomic E-state index is 6.31. The molecule has 0 amide bonds. The maximum Gasteiger partial charge on any atom is 0.0446 e. The Labute approximate surface area is 91.3 Å². The third-order valence-electron chi connectivity index (χ3n) is 3.56. The SMILES string of the molecule is CC(C)(C)C(C)(C)C(N)c1cccs1. The molecule has 2 N–H and O–H groups in total. The number of hydrogen-bond donors (Lipinski definition) is 1. The highest BCUT2D eigenvalue weighted by atomic mass is 32.1. The average Bonchev–Trinajstić information content (AvgIpc) is 2.52. The van der Waals surface area contributed by atoms with E-state index in [9.17, 15) is 0 Å². The van der Waals surface area contributed by atoms with E-state index < -0.39 is 0 Å². The summed E-state index contributed by atoms with van der Waals surface area (Å²) in [7, 11) is 0. The van der Waals surface area contributed by atoms with Gasteiger partial charge in [0.25, 0.3) is 0 Å². The van der Waals surface area contributed by atoms with Crippen molar-refractivity contribution in [3.8, 4) is 0 Å². The first-order chi connectivity index (χ1) is 6.27. The smallest absolute Gasteiger partial charge is 0.0446 e. The van der Waals surface area contributed by atoms with Crippen LogP contribution in [0.2, 0.25) is 0 Å². The van der Waals surface area contributed by atoms with Crippen LogP contribution in [0.5, 0.6) is 0 Å². The van der Waals surface area contributed by atoms with Gasteiger partial charge in [0.1, 0.15) is 0 Å². The van der Waals surface area contributed by atoms with E-state index in [1.807, 2.05) is 0 Å². The molecule has 0 bridgehead atoms. The van der Waals surface area contributed by atoms with E-state index in [1.165, 1.54) is 4.88 Å². The number of thiophene rings is 1. The van der Waals surface area contributed by atoms with Crippen LogP contribution in [-0.4, -0.2) is 0 Å². The van der Waals surface area contributed by atoms with Gasteiger partial charge in [0.15, 0.2) is 0 Å². The largest absolute Gasteiger partial charge is 0.323 e. The number of hydrogen-bond acceptors (Lipinski definition) is 2. The lowest BCUT2D eigenvalue weighted by atomic mass is 9.65. The van der Waals surface area contributed by atoms with Crippen LogP contribution in [0.1, 0.15) is 45.5 Å². The number of nitrogens with two attached hydrogens (primary N) is 1. The summed E-state index contributed by atoms with van der Waals surface area (Å²) in [5, 5.41) is 2.09. The molecule has 0 saturated heterocycles. The Morgan fingerprint density at radius 1 is 1.21 bits per heavy atom. The van der Waals surface area contributed by atoms with Crippen molar-refractivity contribution in [2.24, 2.45) is 16.6 Å². The standard InChI is InChI=1S/C12H21NS/c1-11(2,3)12(4,5)10(13)9-7-6-8-14-9/h6-8,10H,13H2,1-5H3. The van der Waals surface area contributed by atoms with Gasteiger partial charge in [0.2, 0.25) is 0 Å². The monoisotopic (exact) mass is 211 g/mol. The zero-order valence-corrected chi connectivity index (χ0v) is 10.6. The van der Waals surface area contributed by atoms with E-state index in [0.29, 0.717) is 0 Å². The molecule has 0 aliphatic rings. The van der Waals surface area contributed by atoms with Crippen molar-refractivity contribution in [3.63, 3.8) is 0 Å². The van der Waals surface area contributed by atoms with Crippen LogP contribution < -0.4 is 5.73 Å². The van der Waals surface area contributed by atoms with Gasteiger partial charge in [-0.3, -0.25) is 0 Å². The molecule has 1 aromatic rings. The van der Waals surface area contributed by atoms with Crippen LogP contribution in [0.3, 0.4) is 0 Å². The molecule has 0 aromatic carbocycles. The molecule has 1 heterocycles. The highest BCUT2D eigenvalue weighted by Gasteiger charge is 2.39. The predicted octanol–water partition coefficient (Wildman–Crippen LogP) is 3.82. The van der Waals surface area contributed by atoms with Crippen molar-refractivity contribution in [2.75, 3.05) is 0 Å². The van der Waals surface area contributed by atoms with Crippen LogP contribution in [0.4, 0.5) is 0 Å². The molecule has 2 heteroatoms. The normalized spacial score (nSPS) is 15.6. The van der Waals surface area contributed by atoms with Gasteiger partial charge in [0.05, 0.1) is 0 Å². The molecule has 0 fully saturated rings. The molecule has 0 radical (unpaired) electrons. The predicted molar refractivity (Wildman–Crippen MR) is 64.5 cm³/mol. The molecular formula is C12H21NS. The molecule has 14 heavy (non-hydrogen) atoms. The Bertz CT molecular complexity index is 280. The molecule has 0 aliphatic carbocycles. The lowest BCUT2D eigenvalue weighted by Crippen LogP contribution is -2.39. The first-order valence-corrected chi connectivity index (χ1v) is 5.94. The molecular weight excluding hydrogens is 190 g/mol. The van der Waals surface area contributed by atoms with Gasteiger partial charge in [-0.15, -0.1) is 11.3 Å². The summed E-state index contributed by atoms with van der Waals surface area (Å²) in [5.41, 5.74) is 6.64. The maximum atomic E-state index is 6.31. The minimum atomic E-state index is 0.109. The Morgan fingerprint density at radius 3 is 2.14 bits per heavy atom. The summed E-state index contributed by atoms with van der Waals surface area (Å²) in [6.07, 6.45) is 0. The van der Waals surface area contributed by atoms with Crippen molar-refractivity contribution in [1.29, 1.82) is 0 Å². The summed E-state index contributed by atoms with van der Waals surface area (Å²) < 4.78 is 0. The minimum Gasteiger partial charge on any atom is -0.323 e. The van der Waals surface area contributed by atoms with Crippen LogP contribution in [0, 0.1) is 10.8 Å².